The molecule has 1 fully saturated rings. The van der Waals surface area contributed by atoms with Crippen molar-refractivity contribution in [3.8, 4) is 5.69 Å². The normalized spacial score (nSPS) is 13.3. The van der Waals surface area contributed by atoms with Crippen LogP contribution in [0.5, 0.6) is 0 Å². The molecule has 0 atom stereocenters. The number of carbonyl (C=O) groups is 1. The number of anilines is 5. The Bertz CT molecular complexity index is 2020. The molecule has 1 saturated heterocycles. The highest BCUT2D eigenvalue weighted by Crippen LogP contribution is 2.31. The quantitative estimate of drug-likeness (QED) is 0.130. The zero-order chi connectivity index (χ0) is 34.3. The molecule has 1 aliphatic rings. The number of nitrogens with zero attached hydrogens (tertiary/aromatic N) is 6. The van der Waals surface area contributed by atoms with E-state index in [1.165, 1.54) is 11.8 Å². The molecule has 2 aromatic heterocycles. The second-order valence-electron chi connectivity index (χ2n) is 12.3. The first-order chi connectivity index (χ1) is 24.6. The molecule has 252 valence electrons. The van der Waals surface area contributed by atoms with E-state index in [9.17, 15) is 4.79 Å². The Morgan fingerprint density at radius 2 is 1.54 bits per heavy atom. The number of benzene rings is 4. The van der Waals surface area contributed by atoms with Gasteiger partial charge in [-0.2, -0.15) is 9.97 Å². The summed E-state index contributed by atoms with van der Waals surface area (Å²) in [7, 11) is 1.79. The number of ether oxygens (including phenoxy) is 1. The second-order valence-corrected chi connectivity index (χ2v) is 12.3. The van der Waals surface area contributed by atoms with Crippen LogP contribution in [-0.4, -0.2) is 51.7 Å². The first kappa shape index (κ1) is 32.5. The molecule has 1 aliphatic heterocycles. The standard InChI is InChI=1S/C40H40N8O2/c1-3-36(49)42-32-15-10-16-34(25-32)48-28-41-37-38(47(26-29-11-6-4-7-12-29)27-30-13-8-5-9-14-30)44-40(45-39(37)48)43-31-17-19-33(20-18-31)46-23-21-35(50-2)22-24-46/h3-20,25,28,35H,1,21-24,26-27H2,2H3,(H,42,49)(H,43,44,45). The van der Waals surface area contributed by atoms with Gasteiger partial charge in [0.05, 0.1) is 11.8 Å². The molecule has 3 heterocycles. The SMILES string of the molecule is C=CC(=O)Nc1cccc(-n2cnc3c(N(Cc4ccccc4)Cc4ccccc4)nc(Nc4ccc(N5CCC(OC)CC5)cc4)nc32)c1. The van der Waals surface area contributed by atoms with Crippen LogP contribution >= 0.6 is 0 Å². The van der Waals surface area contributed by atoms with E-state index >= 15 is 0 Å². The van der Waals surface area contributed by atoms with Crippen molar-refractivity contribution < 1.29 is 9.53 Å². The highest BCUT2D eigenvalue weighted by atomic mass is 16.5. The van der Waals surface area contributed by atoms with Gasteiger partial charge in [0.15, 0.2) is 17.0 Å². The minimum atomic E-state index is -0.281. The molecule has 50 heavy (non-hydrogen) atoms. The van der Waals surface area contributed by atoms with Crippen LogP contribution in [0.3, 0.4) is 0 Å². The van der Waals surface area contributed by atoms with E-state index in [-0.39, 0.29) is 5.91 Å². The Morgan fingerprint density at radius 3 is 2.18 bits per heavy atom. The number of aromatic nitrogens is 4. The summed E-state index contributed by atoms with van der Waals surface area (Å²) in [4.78, 5) is 31.7. The lowest BCUT2D eigenvalue weighted by Gasteiger charge is -2.33. The first-order valence-electron chi connectivity index (χ1n) is 16.8. The average Bonchev–Trinajstić information content (AvgIpc) is 3.59. The number of amides is 1. The molecule has 1 amide bonds. The first-order valence-corrected chi connectivity index (χ1v) is 16.8. The third-order valence-corrected chi connectivity index (χ3v) is 8.95. The van der Waals surface area contributed by atoms with E-state index in [2.05, 4.69) is 99.8 Å². The number of carbonyl (C=O) groups excluding carboxylic acids is 1. The number of hydrogen-bond acceptors (Lipinski definition) is 8. The predicted octanol–water partition coefficient (Wildman–Crippen LogP) is 7.51. The zero-order valence-electron chi connectivity index (χ0n) is 28.1. The number of piperidine rings is 1. The third-order valence-electron chi connectivity index (χ3n) is 8.95. The predicted molar refractivity (Wildman–Crippen MR) is 200 cm³/mol. The van der Waals surface area contributed by atoms with Crippen molar-refractivity contribution in [3.05, 3.63) is 139 Å². The molecular formula is C40H40N8O2. The Balaban J connectivity index is 1.28. The summed E-state index contributed by atoms with van der Waals surface area (Å²) in [5, 5.41) is 6.33. The maximum absolute atomic E-state index is 12.1. The molecule has 6 aromatic rings. The number of imidazole rings is 1. The lowest BCUT2D eigenvalue weighted by molar-refractivity contribution is -0.111. The van der Waals surface area contributed by atoms with Crippen LogP contribution in [0.2, 0.25) is 0 Å². The Morgan fingerprint density at radius 1 is 0.860 bits per heavy atom. The van der Waals surface area contributed by atoms with Gasteiger partial charge in [0.2, 0.25) is 11.9 Å². The minimum absolute atomic E-state index is 0.281. The highest BCUT2D eigenvalue weighted by molar-refractivity contribution is 5.99. The van der Waals surface area contributed by atoms with Gasteiger partial charge in [0, 0.05) is 50.4 Å². The van der Waals surface area contributed by atoms with Crippen LogP contribution in [-0.2, 0) is 22.6 Å². The van der Waals surface area contributed by atoms with Crippen LogP contribution in [0.1, 0.15) is 24.0 Å². The molecule has 0 aliphatic carbocycles. The van der Waals surface area contributed by atoms with Gasteiger partial charge >= 0.3 is 0 Å². The van der Waals surface area contributed by atoms with Crippen molar-refractivity contribution in [2.24, 2.45) is 0 Å². The van der Waals surface area contributed by atoms with Gasteiger partial charge in [-0.25, -0.2) is 4.98 Å². The number of hydrogen-bond donors (Lipinski definition) is 2. The monoisotopic (exact) mass is 664 g/mol. The van der Waals surface area contributed by atoms with Crippen LogP contribution in [0, 0.1) is 0 Å². The fourth-order valence-electron chi connectivity index (χ4n) is 6.32. The smallest absolute Gasteiger partial charge is 0.247 e. The summed E-state index contributed by atoms with van der Waals surface area (Å²) in [5.41, 5.74) is 7.10. The molecule has 0 radical (unpaired) electrons. The van der Waals surface area contributed by atoms with Gasteiger partial charge in [-0.3, -0.25) is 9.36 Å². The average molecular weight is 665 g/mol. The van der Waals surface area contributed by atoms with Crippen molar-refractivity contribution in [3.63, 3.8) is 0 Å². The lowest BCUT2D eigenvalue weighted by atomic mass is 10.1. The van der Waals surface area contributed by atoms with Gasteiger partial charge < -0.3 is 25.2 Å². The molecule has 0 unspecified atom stereocenters. The number of fused-ring (bicyclic) bond motifs is 1. The molecule has 10 heteroatoms. The van der Waals surface area contributed by atoms with Crippen molar-refractivity contribution in [2.75, 3.05) is 40.6 Å². The van der Waals surface area contributed by atoms with Crippen molar-refractivity contribution >= 4 is 45.9 Å². The molecule has 4 aromatic carbocycles. The van der Waals surface area contributed by atoms with E-state index in [0.29, 0.717) is 47.8 Å². The van der Waals surface area contributed by atoms with Crippen LogP contribution in [0.15, 0.2) is 128 Å². The van der Waals surface area contributed by atoms with Gasteiger partial charge in [0.1, 0.15) is 6.33 Å². The van der Waals surface area contributed by atoms with E-state index in [4.69, 9.17) is 19.7 Å². The number of nitrogens with one attached hydrogen (secondary N) is 2. The number of methoxy groups -OCH3 is 1. The van der Waals surface area contributed by atoms with Gasteiger partial charge in [-0.1, -0.05) is 73.3 Å². The van der Waals surface area contributed by atoms with Crippen molar-refractivity contribution in [1.29, 1.82) is 0 Å². The van der Waals surface area contributed by atoms with Crippen molar-refractivity contribution in [1.82, 2.24) is 19.5 Å². The maximum atomic E-state index is 12.1. The Hall–Kier alpha value is -6.00. The largest absolute Gasteiger partial charge is 0.381 e. The fraction of sp³-hybridized carbons (Fsp3) is 0.200. The second kappa shape index (κ2) is 15.0. The number of rotatable bonds is 12. The topological polar surface area (TPSA) is 100 Å². The Labute approximate surface area is 292 Å². The van der Waals surface area contributed by atoms with Gasteiger partial charge in [-0.05, 0) is 72.5 Å². The van der Waals surface area contributed by atoms with Gasteiger partial charge in [-0.15, -0.1) is 0 Å². The molecular weight excluding hydrogens is 624 g/mol. The molecule has 10 nitrogen and oxygen atoms in total. The van der Waals surface area contributed by atoms with Crippen LogP contribution < -0.4 is 20.4 Å². The summed E-state index contributed by atoms with van der Waals surface area (Å²) in [6, 6.07) is 36.7. The van der Waals surface area contributed by atoms with Gasteiger partial charge in [0.25, 0.3) is 0 Å². The van der Waals surface area contributed by atoms with E-state index in [1.807, 2.05) is 41.0 Å². The van der Waals surface area contributed by atoms with Crippen molar-refractivity contribution in [2.45, 2.75) is 32.0 Å². The Kier molecular flexibility index (Phi) is 9.79. The minimum Gasteiger partial charge on any atom is -0.381 e. The zero-order valence-corrected chi connectivity index (χ0v) is 28.1. The molecule has 0 spiro atoms. The molecule has 2 N–H and O–H groups in total. The third kappa shape index (κ3) is 7.50. The highest BCUT2D eigenvalue weighted by Gasteiger charge is 2.22. The van der Waals surface area contributed by atoms with E-state index in [1.54, 1.807) is 13.4 Å². The molecule has 0 bridgehead atoms. The maximum Gasteiger partial charge on any atom is 0.247 e. The summed E-state index contributed by atoms with van der Waals surface area (Å²) in [6.07, 6.45) is 5.38. The lowest BCUT2D eigenvalue weighted by Crippen LogP contribution is -2.36. The summed E-state index contributed by atoms with van der Waals surface area (Å²) < 4.78 is 7.48. The summed E-state index contributed by atoms with van der Waals surface area (Å²) in [6.45, 7) is 6.74. The summed E-state index contributed by atoms with van der Waals surface area (Å²) in [5.74, 6) is 0.875. The van der Waals surface area contributed by atoms with E-state index in [0.717, 1.165) is 48.4 Å². The van der Waals surface area contributed by atoms with E-state index < -0.39 is 0 Å². The fourth-order valence-corrected chi connectivity index (χ4v) is 6.32. The molecule has 0 saturated carbocycles. The summed E-state index contributed by atoms with van der Waals surface area (Å²) >= 11 is 0. The van der Waals surface area contributed by atoms with Crippen LogP contribution in [0.4, 0.5) is 28.8 Å². The van der Waals surface area contributed by atoms with Crippen LogP contribution in [0.25, 0.3) is 16.9 Å². The molecule has 7 rings (SSSR count).